The summed E-state index contributed by atoms with van der Waals surface area (Å²) in [5, 5.41) is 13.8. The lowest BCUT2D eigenvalue weighted by molar-refractivity contribution is -0.121. The van der Waals surface area contributed by atoms with Crippen molar-refractivity contribution in [3.8, 4) is 0 Å². The summed E-state index contributed by atoms with van der Waals surface area (Å²) in [6.45, 7) is 1.94. The number of rotatable bonds is 4. The highest BCUT2D eigenvalue weighted by Gasteiger charge is 2.49. The molecule has 3 heterocycles. The molecule has 5 nitrogen and oxygen atoms in total. The summed E-state index contributed by atoms with van der Waals surface area (Å²) in [4.78, 5) is 14.6. The normalized spacial score (nSPS) is 28.3. The molecule has 0 radical (unpaired) electrons. The third kappa shape index (κ3) is 3.15. The molecule has 4 rings (SSSR count). The molecular formula is C20H23FN2O3. The summed E-state index contributed by atoms with van der Waals surface area (Å²) in [5.41, 5.74) is 0.0615. The van der Waals surface area contributed by atoms with Gasteiger partial charge in [0.05, 0.1) is 12.8 Å². The van der Waals surface area contributed by atoms with Crippen LogP contribution in [0.4, 0.5) is 10.1 Å². The maximum absolute atomic E-state index is 13.6. The van der Waals surface area contributed by atoms with Crippen molar-refractivity contribution in [3.05, 3.63) is 53.7 Å². The highest BCUT2D eigenvalue weighted by atomic mass is 19.1. The van der Waals surface area contributed by atoms with Crippen LogP contribution < -0.4 is 5.32 Å². The van der Waals surface area contributed by atoms with E-state index < -0.39 is 5.60 Å². The van der Waals surface area contributed by atoms with Crippen LogP contribution in [-0.4, -0.2) is 34.5 Å². The molecule has 2 aliphatic rings. The molecule has 1 aromatic carbocycles. The van der Waals surface area contributed by atoms with Crippen LogP contribution in [0.3, 0.4) is 0 Å². The van der Waals surface area contributed by atoms with Crippen molar-refractivity contribution >= 4 is 11.6 Å². The number of halogens is 1. The van der Waals surface area contributed by atoms with E-state index >= 15 is 0 Å². The predicted octanol–water partition coefficient (Wildman–Crippen LogP) is 3.18. The molecule has 1 unspecified atom stereocenters. The number of benzene rings is 1. The van der Waals surface area contributed by atoms with Gasteiger partial charge in [0.2, 0.25) is 5.91 Å². The Morgan fingerprint density at radius 2 is 2.08 bits per heavy atom. The van der Waals surface area contributed by atoms with Crippen molar-refractivity contribution in [2.24, 2.45) is 0 Å². The average Bonchev–Trinajstić information content (AvgIpc) is 3.20. The van der Waals surface area contributed by atoms with Crippen molar-refractivity contribution in [1.29, 1.82) is 0 Å². The fourth-order valence-electron chi connectivity index (χ4n) is 4.36. The molecule has 2 aromatic rings. The zero-order chi connectivity index (χ0) is 18.3. The van der Waals surface area contributed by atoms with E-state index in [0.717, 1.165) is 12.8 Å². The van der Waals surface area contributed by atoms with E-state index in [0.29, 0.717) is 29.9 Å². The highest BCUT2D eigenvalue weighted by molar-refractivity contribution is 5.92. The third-order valence-electron chi connectivity index (χ3n) is 5.68. The van der Waals surface area contributed by atoms with E-state index in [1.165, 1.54) is 6.07 Å². The lowest BCUT2D eigenvalue weighted by Gasteiger charge is -2.42. The molecule has 26 heavy (non-hydrogen) atoms. The van der Waals surface area contributed by atoms with Gasteiger partial charge in [0.15, 0.2) is 0 Å². The van der Waals surface area contributed by atoms with Crippen LogP contribution in [0.1, 0.15) is 37.0 Å². The van der Waals surface area contributed by atoms with E-state index in [4.69, 9.17) is 4.42 Å². The first-order chi connectivity index (χ1) is 12.4. The Morgan fingerprint density at radius 3 is 2.69 bits per heavy atom. The standard InChI is InChI=1S/C20H23FN2O3/c1-13-4-5-14(9-17(13)21)22-19(24)12-23-15-6-7-16(23)11-20(25,10-15)18-3-2-8-26-18/h2-5,8-9,15-16,25H,6-7,10-12H2,1H3,(H,22,24)/t15-,16+,20?. The molecule has 6 heteroatoms. The number of nitrogens with zero attached hydrogens (tertiary/aromatic N) is 1. The zero-order valence-corrected chi connectivity index (χ0v) is 14.7. The van der Waals surface area contributed by atoms with E-state index in [-0.39, 0.29) is 30.4 Å². The summed E-state index contributed by atoms with van der Waals surface area (Å²) in [5.74, 6) is 0.117. The smallest absolute Gasteiger partial charge is 0.238 e. The number of fused-ring (bicyclic) bond motifs is 2. The highest BCUT2D eigenvalue weighted by Crippen LogP contribution is 2.45. The number of hydrogen-bond acceptors (Lipinski definition) is 4. The Hall–Kier alpha value is -2.18. The topological polar surface area (TPSA) is 65.7 Å². The van der Waals surface area contributed by atoms with Gasteiger partial charge in [0.25, 0.3) is 0 Å². The predicted molar refractivity (Wildman–Crippen MR) is 95.1 cm³/mol. The Balaban J connectivity index is 1.42. The molecule has 2 aliphatic heterocycles. The summed E-state index contributed by atoms with van der Waals surface area (Å²) in [6.07, 6.45) is 4.61. The fourth-order valence-corrected chi connectivity index (χ4v) is 4.36. The van der Waals surface area contributed by atoms with Crippen molar-refractivity contribution in [2.45, 2.75) is 50.3 Å². The zero-order valence-electron chi connectivity index (χ0n) is 14.7. The van der Waals surface area contributed by atoms with Crippen molar-refractivity contribution < 1.29 is 18.7 Å². The van der Waals surface area contributed by atoms with E-state index in [2.05, 4.69) is 10.2 Å². The molecular weight excluding hydrogens is 335 g/mol. The molecule has 1 aromatic heterocycles. The fraction of sp³-hybridized carbons (Fsp3) is 0.450. The molecule has 0 aliphatic carbocycles. The second-order valence-electron chi connectivity index (χ2n) is 7.49. The monoisotopic (exact) mass is 358 g/mol. The number of amides is 1. The third-order valence-corrected chi connectivity index (χ3v) is 5.68. The molecule has 0 spiro atoms. The number of furan rings is 1. The lowest BCUT2D eigenvalue weighted by atomic mass is 9.84. The van der Waals surface area contributed by atoms with Crippen LogP contribution in [0.25, 0.3) is 0 Å². The minimum Gasteiger partial charge on any atom is -0.466 e. The SMILES string of the molecule is Cc1ccc(NC(=O)CN2[C@@H]3CC[C@H]2CC(O)(c2ccco2)C3)cc1F. The number of aryl methyl sites for hydroxylation is 1. The molecule has 2 N–H and O–H groups in total. The molecule has 2 fully saturated rings. The minimum absolute atomic E-state index is 0.143. The maximum atomic E-state index is 13.6. The molecule has 1 amide bonds. The first kappa shape index (κ1) is 17.2. The van der Waals surface area contributed by atoms with Gasteiger partial charge in [-0.25, -0.2) is 4.39 Å². The second kappa shape index (κ2) is 6.52. The van der Waals surface area contributed by atoms with Crippen LogP contribution in [0.15, 0.2) is 41.0 Å². The Morgan fingerprint density at radius 1 is 1.35 bits per heavy atom. The van der Waals surface area contributed by atoms with Gasteiger partial charge in [-0.3, -0.25) is 9.69 Å². The van der Waals surface area contributed by atoms with Crippen LogP contribution in [0.2, 0.25) is 0 Å². The van der Waals surface area contributed by atoms with Gasteiger partial charge >= 0.3 is 0 Å². The van der Waals surface area contributed by atoms with Crippen LogP contribution in [0, 0.1) is 12.7 Å². The number of anilines is 1. The largest absolute Gasteiger partial charge is 0.466 e. The molecule has 2 bridgehead atoms. The van der Waals surface area contributed by atoms with Gasteiger partial charge in [-0.1, -0.05) is 6.07 Å². The summed E-state index contributed by atoms with van der Waals surface area (Å²) < 4.78 is 19.1. The Labute approximate surface area is 151 Å². The average molecular weight is 358 g/mol. The number of carbonyl (C=O) groups excluding carboxylic acids is 1. The van der Waals surface area contributed by atoms with Gasteiger partial charge in [-0.2, -0.15) is 0 Å². The molecule has 0 saturated carbocycles. The van der Waals surface area contributed by atoms with E-state index in [1.54, 1.807) is 31.4 Å². The number of nitrogens with one attached hydrogen (secondary N) is 1. The first-order valence-electron chi connectivity index (χ1n) is 9.03. The van der Waals surface area contributed by atoms with Gasteiger partial charge in [-0.05, 0) is 62.4 Å². The van der Waals surface area contributed by atoms with Crippen molar-refractivity contribution in [3.63, 3.8) is 0 Å². The van der Waals surface area contributed by atoms with Gasteiger partial charge in [-0.15, -0.1) is 0 Å². The van der Waals surface area contributed by atoms with Gasteiger partial charge < -0.3 is 14.8 Å². The van der Waals surface area contributed by atoms with Crippen LogP contribution >= 0.6 is 0 Å². The van der Waals surface area contributed by atoms with Gasteiger partial charge in [0.1, 0.15) is 17.2 Å². The summed E-state index contributed by atoms with van der Waals surface area (Å²) in [6, 6.07) is 8.58. The number of carbonyl (C=O) groups is 1. The van der Waals surface area contributed by atoms with Gasteiger partial charge in [0, 0.05) is 17.8 Å². The number of hydrogen-bond donors (Lipinski definition) is 2. The van der Waals surface area contributed by atoms with E-state index in [9.17, 15) is 14.3 Å². The van der Waals surface area contributed by atoms with Crippen molar-refractivity contribution in [2.75, 3.05) is 11.9 Å². The second-order valence-corrected chi connectivity index (χ2v) is 7.49. The number of aliphatic hydroxyl groups is 1. The Kier molecular flexibility index (Phi) is 4.32. The summed E-state index contributed by atoms with van der Waals surface area (Å²) in [7, 11) is 0. The van der Waals surface area contributed by atoms with Crippen LogP contribution in [0.5, 0.6) is 0 Å². The molecule has 2 saturated heterocycles. The first-order valence-corrected chi connectivity index (χ1v) is 9.03. The summed E-state index contributed by atoms with van der Waals surface area (Å²) >= 11 is 0. The quantitative estimate of drug-likeness (QED) is 0.881. The van der Waals surface area contributed by atoms with Crippen molar-refractivity contribution in [1.82, 2.24) is 4.90 Å². The van der Waals surface area contributed by atoms with Crippen LogP contribution in [-0.2, 0) is 10.4 Å². The number of piperidine rings is 1. The maximum Gasteiger partial charge on any atom is 0.238 e. The van der Waals surface area contributed by atoms with E-state index in [1.807, 2.05) is 6.07 Å². The lowest BCUT2D eigenvalue weighted by Crippen LogP contribution is -2.51. The molecule has 3 atom stereocenters. The minimum atomic E-state index is -0.956. The molecule has 138 valence electrons. The Bertz CT molecular complexity index is 791.